The number of halogens is 1. The second-order valence-electron chi connectivity index (χ2n) is 3.44. The minimum Gasteiger partial charge on any atom is -0.480 e. The van der Waals surface area contributed by atoms with Gasteiger partial charge in [0.1, 0.15) is 5.82 Å². The molecule has 1 N–H and O–H groups in total. The summed E-state index contributed by atoms with van der Waals surface area (Å²) in [6.45, 7) is 1.42. The maximum atomic E-state index is 13.5. The van der Waals surface area contributed by atoms with Crippen LogP contribution in [0.2, 0.25) is 0 Å². The lowest BCUT2D eigenvalue weighted by Crippen LogP contribution is -2.18. The number of carboxylic acids is 1. The number of carbonyl (C=O) groups is 1. The lowest BCUT2D eigenvalue weighted by atomic mass is 10.2. The maximum Gasteiger partial charge on any atom is 0.328 e. The number of tetrazole rings is 1. The third-order valence-electron chi connectivity index (χ3n) is 2.33. The summed E-state index contributed by atoms with van der Waals surface area (Å²) in [4.78, 5) is 10.9. The van der Waals surface area contributed by atoms with Crippen LogP contribution in [0.5, 0.6) is 0 Å². The molecule has 0 bridgehead atoms. The van der Waals surface area contributed by atoms with Crippen LogP contribution < -0.4 is 0 Å². The van der Waals surface area contributed by atoms with Gasteiger partial charge < -0.3 is 5.11 Å². The van der Waals surface area contributed by atoms with Gasteiger partial charge in [0, 0.05) is 0 Å². The Hall–Kier alpha value is -2.31. The number of aromatic nitrogens is 4. The van der Waals surface area contributed by atoms with Gasteiger partial charge in [0.15, 0.2) is 11.9 Å². The third kappa shape index (κ3) is 1.99. The normalized spacial score (nSPS) is 12.4. The Morgan fingerprint density at radius 3 is 2.82 bits per heavy atom. The first-order valence-electron chi connectivity index (χ1n) is 4.87. The molecule has 2 rings (SSSR count). The van der Waals surface area contributed by atoms with Crippen LogP contribution in [0.25, 0.3) is 11.4 Å². The summed E-state index contributed by atoms with van der Waals surface area (Å²) >= 11 is 0. The van der Waals surface area contributed by atoms with E-state index in [4.69, 9.17) is 5.11 Å². The zero-order valence-corrected chi connectivity index (χ0v) is 8.91. The number of benzene rings is 1. The van der Waals surface area contributed by atoms with Gasteiger partial charge in [0.25, 0.3) is 0 Å². The Morgan fingerprint density at radius 1 is 1.47 bits per heavy atom. The van der Waals surface area contributed by atoms with E-state index >= 15 is 0 Å². The Kier molecular flexibility index (Phi) is 2.82. The molecule has 1 aromatic heterocycles. The van der Waals surface area contributed by atoms with Crippen molar-refractivity contribution in [2.45, 2.75) is 13.0 Å². The van der Waals surface area contributed by atoms with Crippen LogP contribution in [0, 0.1) is 5.82 Å². The summed E-state index contributed by atoms with van der Waals surface area (Å²) in [6.07, 6.45) is 0. The fourth-order valence-electron chi connectivity index (χ4n) is 1.38. The van der Waals surface area contributed by atoms with Crippen molar-refractivity contribution < 1.29 is 14.3 Å². The minimum atomic E-state index is -1.09. The van der Waals surface area contributed by atoms with Gasteiger partial charge in [0.2, 0.25) is 0 Å². The van der Waals surface area contributed by atoms with E-state index in [0.29, 0.717) is 0 Å². The van der Waals surface area contributed by atoms with Crippen LogP contribution in [-0.2, 0) is 4.79 Å². The summed E-state index contributed by atoms with van der Waals surface area (Å²) in [5.74, 6) is -1.49. The second kappa shape index (κ2) is 4.28. The lowest BCUT2D eigenvalue weighted by molar-refractivity contribution is -0.140. The Labute approximate surface area is 95.7 Å². The van der Waals surface area contributed by atoms with Gasteiger partial charge in [-0.2, -0.15) is 0 Å². The summed E-state index contributed by atoms with van der Waals surface area (Å²) in [7, 11) is 0. The van der Waals surface area contributed by atoms with Crippen LogP contribution in [0.15, 0.2) is 24.3 Å². The molecular weight excluding hydrogens is 227 g/mol. The van der Waals surface area contributed by atoms with Crippen molar-refractivity contribution in [3.63, 3.8) is 0 Å². The van der Waals surface area contributed by atoms with E-state index in [9.17, 15) is 9.18 Å². The Bertz CT molecular complexity index is 555. The van der Waals surface area contributed by atoms with Crippen LogP contribution in [0.3, 0.4) is 0 Å². The van der Waals surface area contributed by atoms with Crippen molar-refractivity contribution in [1.82, 2.24) is 20.2 Å². The van der Waals surface area contributed by atoms with E-state index in [1.54, 1.807) is 6.07 Å². The van der Waals surface area contributed by atoms with E-state index in [2.05, 4.69) is 15.5 Å². The van der Waals surface area contributed by atoms with Crippen LogP contribution in [0.4, 0.5) is 4.39 Å². The first-order chi connectivity index (χ1) is 8.11. The Morgan fingerprint density at radius 2 is 2.18 bits per heavy atom. The molecule has 2 aromatic rings. The van der Waals surface area contributed by atoms with E-state index in [1.165, 1.54) is 25.1 Å². The number of hydrogen-bond acceptors (Lipinski definition) is 4. The highest BCUT2D eigenvalue weighted by Crippen LogP contribution is 2.21. The quantitative estimate of drug-likeness (QED) is 0.863. The van der Waals surface area contributed by atoms with Gasteiger partial charge in [-0.3, -0.25) is 0 Å². The largest absolute Gasteiger partial charge is 0.480 e. The fraction of sp³-hybridized carbons (Fsp3) is 0.200. The number of nitrogens with zero attached hydrogens (tertiary/aromatic N) is 4. The molecule has 0 radical (unpaired) electrons. The average Bonchev–Trinajstić information content (AvgIpc) is 2.77. The van der Waals surface area contributed by atoms with Crippen molar-refractivity contribution in [2.24, 2.45) is 0 Å². The highest BCUT2D eigenvalue weighted by Gasteiger charge is 2.21. The predicted octanol–water partition coefficient (Wildman–Crippen LogP) is 1.12. The molecule has 0 aliphatic heterocycles. The molecule has 0 saturated heterocycles. The van der Waals surface area contributed by atoms with Crippen LogP contribution in [-0.4, -0.2) is 31.3 Å². The molecular formula is C10H9FN4O2. The first kappa shape index (κ1) is 11.2. The monoisotopic (exact) mass is 236 g/mol. The van der Waals surface area contributed by atoms with Gasteiger partial charge in [-0.25, -0.2) is 13.9 Å². The molecule has 0 saturated carbocycles. The molecule has 0 amide bonds. The number of aliphatic carboxylic acids is 1. The molecule has 0 aliphatic rings. The maximum absolute atomic E-state index is 13.5. The standard InChI is InChI=1S/C10H9FN4O2/c1-6(10(16)17)15-9(12-13-14-15)7-4-2-3-5-8(7)11/h2-6H,1H3,(H,16,17). The zero-order chi connectivity index (χ0) is 12.4. The molecule has 1 heterocycles. The molecule has 1 atom stereocenters. The molecule has 17 heavy (non-hydrogen) atoms. The van der Waals surface area contributed by atoms with E-state index < -0.39 is 17.8 Å². The number of hydrogen-bond donors (Lipinski definition) is 1. The predicted molar refractivity (Wildman–Crippen MR) is 55.6 cm³/mol. The molecule has 0 spiro atoms. The molecule has 88 valence electrons. The van der Waals surface area contributed by atoms with Gasteiger partial charge in [-0.1, -0.05) is 12.1 Å². The summed E-state index contributed by atoms with van der Waals surface area (Å²) in [5, 5.41) is 19.5. The van der Waals surface area contributed by atoms with Crippen molar-refractivity contribution in [1.29, 1.82) is 0 Å². The summed E-state index contributed by atoms with van der Waals surface area (Å²) in [6, 6.07) is 4.96. The first-order valence-corrected chi connectivity index (χ1v) is 4.87. The SMILES string of the molecule is CC(C(=O)O)n1nnnc1-c1ccccc1F. The second-order valence-corrected chi connectivity index (χ2v) is 3.44. The topological polar surface area (TPSA) is 80.9 Å². The molecule has 1 unspecified atom stereocenters. The van der Waals surface area contributed by atoms with Crippen LogP contribution >= 0.6 is 0 Å². The fourth-order valence-corrected chi connectivity index (χ4v) is 1.38. The number of rotatable bonds is 3. The van der Waals surface area contributed by atoms with Crippen molar-refractivity contribution in [3.8, 4) is 11.4 Å². The van der Waals surface area contributed by atoms with Gasteiger partial charge in [-0.15, -0.1) is 5.10 Å². The van der Waals surface area contributed by atoms with Gasteiger partial charge in [0.05, 0.1) is 5.56 Å². The molecule has 7 heteroatoms. The minimum absolute atomic E-state index is 0.0954. The molecule has 0 fully saturated rings. The van der Waals surface area contributed by atoms with Crippen molar-refractivity contribution >= 4 is 5.97 Å². The van der Waals surface area contributed by atoms with Crippen LogP contribution in [0.1, 0.15) is 13.0 Å². The highest BCUT2D eigenvalue weighted by molar-refractivity contribution is 5.72. The number of carboxylic acid groups (broad SMARTS) is 1. The average molecular weight is 236 g/mol. The molecule has 6 nitrogen and oxygen atoms in total. The van der Waals surface area contributed by atoms with E-state index in [1.807, 2.05) is 0 Å². The lowest BCUT2D eigenvalue weighted by Gasteiger charge is -2.08. The molecule has 0 aliphatic carbocycles. The van der Waals surface area contributed by atoms with Gasteiger partial charge >= 0.3 is 5.97 Å². The smallest absolute Gasteiger partial charge is 0.328 e. The van der Waals surface area contributed by atoms with Crippen molar-refractivity contribution in [3.05, 3.63) is 30.1 Å². The van der Waals surface area contributed by atoms with Crippen molar-refractivity contribution in [2.75, 3.05) is 0 Å². The Balaban J connectivity index is 2.51. The van der Waals surface area contributed by atoms with E-state index in [-0.39, 0.29) is 11.4 Å². The zero-order valence-electron chi connectivity index (χ0n) is 8.91. The van der Waals surface area contributed by atoms with Gasteiger partial charge in [-0.05, 0) is 29.5 Å². The molecule has 1 aromatic carbocycles. The summed E-state index contributed by atoms with van der Waals surface area (Å²) in [5.41, 5.74) is 0.172. The summed E-state index contributed by atoms with van der Waals surface area (Å²) < 4.78 is 14.6. The van der Waals surface area contributed by atoms with E-state index in [0.717, 1.165) is 4.68 Å². The highest BCUT2D eigenvalue weighted by atomic mass is 19.1. The third-order valence-corrected chi connectivity index (χ3v) is 2.33.